The predicted molar refractivity (Wildman–Crippen MR) is 135 cm³/mol. The van der Waals surface area contributed by atoms with Gasteiger partial charge in [0.05, 0.1) is 30.5 Å². The molecule has 4 aromatic rings. The molecule has 0 radical (unpaired) electrons. The van der Waals surface area contributed by atoms with Crippen LogP contribution in [0.25, 0.3) is 33.5 Å². The van der Waals surface area contributed by atoms with E-state index in [1.54, 1.807) is 22.0 Å². The molecule has 0 saturated carbocycles. The number of morpholine rings is 1. The molecule has 188 valence electrons. The molecule has 1 amide bonds. The standard InChI is InChI=1S/C26H30N6O4/c1-16-4-5-17-20(10-16)32(14-22(35)31-6-8-36-9-7-31)30-23(17)19-13-28-25-24(29-19)18(12-27-25)21(34)11-26(2,3)15-33/h4-5,10,12-13,33H,6-9,11,14-15H2,1-3H3,(H,27,28). The topological polar surface area (TPSA) is 126 Å². The third-order valence-corrected chi connectivity index (χ3v) is 6.55. The molecule has 3 aromatic heterocycles. The summed E-state index contributed by atoms with van der Waals surface area (Å²) < 4.78 is 7.08. The smallest absolute Gasteiger partial charge is 0.244 e. The summed E-state index contributed by atoms with van der Waals surface area (Å²) in [5.41, 5.74) is 3.88. The summed E-state index contributed by atoms with van der Waals surface area (Å²) in [6.45, 7) is 7.93. The second kappa shape index (κ2) is 9.44. The zero-order chi connectivity index (χ0) is 25.4. The number of fused-ring (bicyclic) bond motifs is 2. The average Bonchev–Trinajstić information content (AvgIpc) is 3.45. The lowest BCUT2D eigenvalue weighted by Gasteiger charge is -2.26. The maximum Gasteiger partial charge on any atom is 0.244 e. The number of carbonyl (C=O) groups excluding carboxylic acids is 2. The number of aromatic nitrogens is 5. The number of amides is 1. The number of Topliss-reactive ketones (excluding diaryl/α,β-unsaturated/α-hetero) is 1. The largest absolute Gasteiger partial charge is 0.396 e. The highest BCUT2D eigenvalue weighted by Gasteiger charge is 2.25. The molecule has 0 unspecified atom stereocenters. The second-order valence-corrected chi connectivity index (χ2v) is 10.1. The molecule has 1 fully saturated rings. The van der Waals surface area contributed by atoms with Gasteiger partial charge in [0.2, 0.25) is 5.91 Å². The second-order valence-electron chi connectivity index (χ2n) is 10.1. The normalized spacial score (nSPS) is 14.6. The average molecular weight is 491 g/mol. The van der Waals surface area contributed by atoms with Gasteiger partial charge in [0.15, 0.2) is 11.4 Å². The Hall–Kier alpha value is -3.63. The number of ether oxygens (including phenoxy) is 1. The molecule has 1 saturated heterocycles. The van der Waals surface area contributed by atoms with Crippen molar-refractivity contribution in [2.45, 2.75) is 33.7 Å². The van der Waals surface area contributed by atoms with Crippen LogP contribution < -0.4 is 0 Å². The number of rotatable bonds is 7. The van der Waals surface area contributed by atoms with Crippen LogP contribution in [0, 0.1) is 12.3 Å². The third-order valence-electron chi connectivity index (χ3n) is 6.55. The summed E-state index contributed by atoms with van der Waals surface area (Å²) in [7, 11) is 0. The van der Waals surface area contributed by atoms with Crippen LogP contribution in [0.1, 0.15) is 36.2 Å². The fourth-order valence-electron chi connectivity index (χ4n) is 4.44. The SMILES string of the molecule is Cc1ccc2c(-c3cnc4[nH]cc(C(=O)CC(C)(C)CO)c4n3)nn(CC(=O)N3CCOCC3)c2c1. The minimum absolute atomic E-state index is 0.0118. The Kier molecular flexibility index (Phi) is 6.31. The maximum absolute atomic E-state index is 13.0. The van der Waals surface area contributed by atoms with E-state index in [1.165, 1.54) is 0 Å². The van der Waals surface area contributed by atoms with E-state index in [1.807, 2.05) is 39.0 Å². The van der Waals surface area contributed by atoms with Crippen LogP contribution in [0.2, 0.25) is 0 Å². The van der Waals surface area contributed by atoms with Crippen molar-refractivity contribution < 1.29 is 19.4 Å². The molecule has 0 atom stereocenters. The fourth-order valence-corrected chi connectivity index (χ4v) is 4.44. The fraction of sp³-hybridized carbons (Fsp3) is 0.423. The number of aliphatic hydroxyl groups is 1. The van der Waals surface area contributed by atoms with Crippen molar-refractivity contribution in [1.82, 2.24) is 29.6 Å². The first-order valence-electron chi connectivity index (χ1n) is 12.1. The van der Waals surface area contributed by atoms with Crippen molar-refractivity contribution in [3.8, 4) is 11.4 Å². The maximum atomic E-state index is 13.0. The number of carbonyl (C=O) groups is 2. The summed E-state index contributed by atoms with van der Waals surface area (Å²) in [6, 6.07) is 5.98. The number of aliphatic hydroxyl groups excluding tert-OH is 1. The molecule has 36 heavy (non-hydrogen) atoms. The van der Waals surface area contributed by atoms with E-state index in [-0.39, 0.29) is 31.3 Å². The molecule has 5 rings (SSSR count). The Morgan fingerprint density at radius 2 is 2.00 bits per heavy atom. The van der Waals surface area contributed by atoms with Crippen LogP contribution in [0.15, 0.2) is 30.6 Å². The van der Waals surface area contributed by atoms with E-state index in [4.69, 9.17) is 14.8 Å². The summed E-state index contributed by atoms with van der Waals surface area (Å²) in [6.07, 6.45) is 3.43. The van der Waals surface area contributed by atoms with Crippen molar-refractivity contribution in [1.29, 1.82) is 0 Å². The molecule has 10 heteroatoms. The minimum atomic E-state index is -0.536. The molecule has 1 aromatic carbocycles. The number of aryl methyl sites for hydroxylation is 1. The summed E-state index contributed by atoms with van der Waals surface area (Å²) in [5, 5.41) is 15.2. The number of hydrogen-bond acceptors (Lipinski definition) is 7. The Balaban J connectivity index is 1.54. The molecule has 2 N–H and O–H groups in total. The van der Waals surface area contributed by atoms with E-state index < -0.39 is 5.41 Å². The van der Waals surface area contributed by atoms with Gasteiger partial charge in [0.1, 0.15) is 23.4 Å². The predicted octanol–water partition coefficient (Wildman–Crippen LogP) is 2.73. The summed E-state index contributed by atoms with van der Waals surface area (Å²) in [4.78, 5) is 40.0. The molecule has 10 nitrogen and oxygen atoms in total. The number of H-pyrrole nitrogens is 1. The van der Waals surface area contributed by atoms with Crippen molar-refractivity contribution >= 4 is 33.8 Å². The third kappa shape index (κ3) is 4.61. The first-order chi connectivity index (χ1) is 17.3. The first kappa shape index (κ1) is 24.1. The van der Waals surface area contributed by atoms with Gasteiger partial charge in [-0.2, -0.15) is 5.10 Å². The van der Waals surface area contributed by atoms with E-state index in [9.17, 15) is 14.7 Å². The van der Waals surface area contributed by atoms with Crippen LogP contribution >= 0.6 is 0 Å². The van der Waals surface area contributed by atoms with Gasteiger partial charge in [-0.15, -0.1) is 0 Å². The number of aromatic amines is 1. The van der Waals surface area contributed by atoms with E-state index in [0.29, 0.717) is 54.4 Å². The lowest BCUT2D eigenvalue weighted by atomic mass is 9.87. The van der Waals surface area contributed by atoms with Gasteiger partial charge in [-0.1, -0.05) is 26.0 Å². The van der Waals surface area contributed by atoms with Crippen LogP contribution in [0.5, 0.6) is 0 Å². The van der Waals surface area contributed by atoms with Gasteiger partial charge >= 0.3 is 0 Å². The molecular formula is C26H30N6O4. The number of nitrogens with zero attached hydrogens (tertiary/aromatic N) is 5. The number of benzene rings is 1. The van der Waals surface area contributed by atoms with Crippen molar-refractivity contribution in [2.75, 3.05) is 32.9 Å². The minimum Gasteiger partial charge on any atom is -0.396 e. The highest BCUT2D eigenvalue weighted by atomic mass is 16.5. The highest BCUT2D eigenvalue weighted by Crippen LogP contribution is 2.30. The van der Waals surface area contributed by atoms with E-state index in [0.717, 1.165) is 16.5 Å². The number of nitrogens with one attached hydrogen (secondary N) is 1. The molecule has 0 aliphatic carbocycles. The molecule has 0 spiro atoms. The van der Waals surface area contributed by atoms with Gasteiger partial charge in [-0.25, -0.2) is 9.97 Å². The molecule has 0 bridgehead atoms. The first-order valence-corrected chi connectivity index (χ1v) is 12.1. The Labute approximate surface area is 208 Å². The Morgan fingerprint density at radius 1 is 1.22 bits per heavy atom. The van der Waals surface area contributed by atoms with Crippen LogP contribution in [0.4, 0.5) is 0 Å². The summed E-state index contributed by atoms with van der Waals surface area (Å²) in [5.74, 6) is -0.129. The lowest BCUT2D eigenvalue weighted by molar-refractivity contribution is -0.136. The highest BCUT2D eigenvalue weighted by molar-refractivity contribution is 6.06. The van der Waals surface area contributed by atoms with E-state index in [2.05, 4.69) is 9.97 Å². The Morgan fingerprint density at radius 3 is 2.75 bits per heavy atom. The molecule has 1 aliphatic heterocycles. The zero-order valence-corrected chi connectivity index (χ0v) is 20.7. The van der Waals surface area contributed by atoms with Crippen LogP contribution in [-0.4, -0.2) is 79.3 Å². The molecule has 1 aliphatic rings. The van der Waals surface area contributed by atoms with E-state index >= 15 is 0 Å². The quantitative estimate of drug-likeness (QED) is 0.382. The number of hydrogen-bond donors (Lipinski definition) is 2. The molecular weight excluding hydrogens is 460 g/mol. The van der Waals surface area contributed by atoms with Crippen molar-refractivity contribution in [2.24, 2.45) is 5.41 Å². The van der Waals surface area contributed by atoms with Gasteiger partial charge in [-0.3, -0.25) is 14.3 Å². The van der Waals surface area contributed by atoms with Crippen LogP contribution in [0.3, 0.4) is 0 Å². The van der Waals surface area contributed by atoms with Gasteiger partial charge in [0.25, 0.3) is 0 Å². The van der Waals surface area contributed by atoms with Gasteiger partial charge in [-0.05, 0) is 24.0 Å². The summed E-state index contributed by atoms with van der Waals surface area (Å²) >= 11 is 0. The number of ketones is 1. The monoisotopic (exact) mass is 490 g/mol. The van der Waals surface area contributed by atoms with Crippen molar-refractivity contribution in [3.05, 3.63) is 41.7 Å². The van der Waals surface area contributed by atoms with Crippen LogP contribution in [-0.2, 0) is 16.1 Å². The lowest BCUT2D eigenvalue weighted by Crippen LogP contribution is -2.42. The Bertz CT molecular complexity index is 1450. The van der Waals surface area contributed by atoms with Gasteiger partial charge < -0.3 is 19.7 Å². The molecule has 4 heterocycles. The van der Waals surface area contributed by atoms with Crippen molar-refractivity contribution in [3.63, 3.8) is 0 Å². The van der Waals surface area contributed by atoms with Gasteiger partial charge in [0, 0.05) is 37.7 Å². The zero-order valence-electron chi connectivity index (χ0n) is 20.7.